The van der Waals surface area contributed by atoms with Gasteiger partial charge in [0, 0.05) is 28.3 Å². The monoisotopic (exact) mass is 359 g/mol. The molecule has 0 aliphatic carbocycles. The summed E-state index contributed by atoms with van der Waals surface area (Å²) in [5.74, 6) is -2.03. The van der Waals surface area contributed by atoms with E-state index in [0.29, 0.717) is 5.02 Å². The van der Waals surface area contributed by atoms with Gasteiger partial charge in [-0.1, -0.05) is 11.6 Å². The third-order valence-corrected chi connectivity index (χ3v) is 3.64. The highest BCUT2D eigenvalue weighted by Gasteiger charge is 2.18. The first-order chi connectivity index (χ1) is 9.40. The number of hydrogen-bond donors (Lipinski definition) is 1. The summed E-state index contributed by atoms with van der Waals surface area (Å²) in [6.07, 6.45) is -0.414. The lowest BCUT2D eigenvalue weighted by molar-refractivity contribution is 0.0991. The van der Waals surface area contributed by atoms with Crippen molar-refractivity contribution in [2.24, 2.45) is 0 Å². The fourth-order valence-electron chi connectivity index (χ4n) is 1.77. The fourth-order valence-corrected chi connectivity index (χ4v) is 2.33. The molecule has 0 bridgehead atoms. The summed E-state index contributed by atoms with van der Waals surface area (Å²) < 4.78 is 27.5. The molecule has 0 aliphatic heterocycles. The van der Waals surface area contributed by atoms with Gasteiger partial charge in [0.15, 0.2) is 5.78 Å². The minimum absolute atomic E-state index is 0.103. The van der Waals surface area contributed by atoms with Crippen LogP contribution in [0.5, 0.6) is 0 Å². The zero-order valence-electron chi connectivity index (χ0n) is 10.1. The number of carbonyl (C=O) groups excluding carboxylic acids is 1. The predicted molar refractivity (Wildman–Crippen MR) is 78.0 cm³/mol. The minimum Gasteiger partial charge on any atom is -0.398 e. The first kappa shape index (κ1) is 14.9. The van der Waals surface area contributed by atoms with Crippen LogP contribution < -0.4 is 5.73 Å². The molecule has 0 heterocycles. The average molecular weight is 361 g/mol. The fraction of sp³-hybridized carbons (Fsp3) is 0.0714. The Morgan fingerprint density at radius 1 is 1.25 bits per heavy atom. The molecule has 0 fully saturated rings. The van der Waals surface area contributed by atoms with Crippen LogP contribution in [0.25, 0.3) is 0 Å². The van der Waals surface area contributed by atoms with Crippen LogP contribution in [0.1, 0.15) is 15.9 Å². The van der Waals surface area contributed by atoms with E-state index in [1.54, 1.807) is 0 Å². The van der Waals surface area contributed by atoms with Crippen LogP contribution in [0.4, 0.5) is 14.5 Å². The number of benzene rings is 2. The molecule has 0 spiro atoms. The van der Waals surface area contributed by atoms with Crippen LogP contribution in [0.2, 0.25) is 5.02 Å². The van der Waals surface area contributed by atoms with E-state index in [-0.39, 0.29) is 21.3 Å². The summed E-state index contributed by atoms with van der Waals surface area (Å²) in [7, 11) is 0. The third kappa shape index (κ3) is 2.99. The first-order valence-electron chi connectivity index (χ1n) is 5.60. The first-order valence-corrected chi connectivity index (χ1v) is 6.78. The second-order valence-corrected chi connectivity index (χ2v) is 5.44. The van der Waals surface area contributed by atoms with Crippen molar-refractivity contribution in [3.63, 3.8) is 0 Å². The quantitative estimate of drug-likeness (QED) is 0.501. The molecule has 0 radical (unpaired) electrons. The van der Waals surface area contributed by atoms with E-state index in [0.717, 1.165) is 6.07 Å². The minimum atomic E-state index is -0.786. The van der Waals surface area contributed by atoms with E-state index in [1.807, 2.05) is 0 Å². The van der Waals surface area contributed by atoms with Crippen LogP contribution in [0, 0.1) is 11.6 Å². The van der Waals surface area contributed by atoms with Crippen molar-refractivity contribution in [1.82, 2.24) is 0 Å². The summed E-state index contributed by atoms with van der Waals surface area (Å²) in [6, 6.07) is 6.70. The molecule has 104 valence electrons. The number of anilines is 1. The van der Waals surface area contributed by atoms with E-state index in [9.17, 15) is 13.6 Å². The van der Waals surface area contributed by atoms with E-state index in [2.05, 4.69) is 15.9 Å². The van der Waals surface area contributed by atoms with Gasteiger partial charge in [-0.05, 0) is 46.3 Å². The maximum atomic E-state index is 13.8. The zero-order valence-corrected chi connectivity index (χ0v) is 12.4. The Morgan fingerprint density at radius 2 is 1.95 bits per heavy atom. The van der Waals surface area contributed by atoms with Crippen LogP contribution >= 0.6 is 27.5 Å². The molecule has 2 rings (SSSR count). The van der Waals surface area contributed by atoms with Crippen LogP contribution in [-0.4, -0.2) is 5.78 Å². The van der Waals surface area contributed by atoms with E-state index < -0.39 is 23.8 Å². The van der Waals surface area contributed by atoms with Gasteiger partial charge in [0.2, 0.25) is 0 Å². The second-order valence-electron chi connectivity index (χ2n) is 4.15. The Bertz CT molecular complexity index is 691. The molecule has 6 heteroatoms. The summed E-state index contributed by atoms with van der Waals surface area (Å²) in [5.41, 5.74) is 5.75. The smallest absolute Gasteiger partial charge is 0.169 e. The molecule has 0 atom stereocenters. The molecule has 0 amide bonds. The molecule has 0 saturated carbocycles. The summed E-state index contributed by atoms with van der Waals surface area (Å²) in [5, 5.41) is 0.388. The van der Waals surface area contributed by atoms with Gasteiger partial charge in [0.1, 0.15) is 11.6 Å². The molecular weight excluding hydrogens is 352 g/mol. The number of nitrogens with two attached hydrogens (primary N) is 1. The van der Waals surface area contributed by atoms with Gasteiger partial charge < -0.3 is 5.73 Å². The summed E-state index contributed by atoms with van der Waals surface area (Å²) in [4.78, 5) is 12.1. The molecular formula is C14H9BrClF2NO. The number of rotatable bonds is 3. The number of ketones is 1. The van der Waals surface area contributed by atoms with Gasteiger partial charge >= 0.3 is 0 Å². The maximum absolute atomic E-state index is 13.8. The third-order valence-electron chi connectivity index (χ3n) is 2.79. The van der Waals surface area contributed by atoms with Gasteiger partial charge in [-0.25, -0.2) is 8.78 Å². The second kappa shape index (κ2) is 5.89. The highest BCUT2D eigenvalue weighted by Crippen LogP contribution is 2.25. The van der Waals surface area contributed by atoms with Gasteiger partial charge in [0.05, 0.1) is 4.47 Å². The predicted octanol–water partition coefficient (Wildman–Crippen LogP) is 4.39. The number of nitrogen functional groups attached to an aromatic ring is 1. The van der Waals surface area contributed by atoms with E-state index in [4.69, 9.17) is 17.3 Å². The van der Waals surface area contributed by atoms with Crippen LogP contribution in [0.3, 0.4) is 0 Å². The van der Waals surface area contributed by atoms with Crippen molar-refractivity contribution in [3.05, 3.63) is 62.6 Å². The summed E-state index contributed by atoms with van der Waals surface area (Å²) >= 11 is 8.69. The normalized spacial score (nSPS) is 10.6. The number of Topliss-reactive ketones (excluding diaryl/α,β-unsaturated/α-hetero) is 1. The molecule has 2 nitrogen and oxygen atoms in total. The topological polar surface area (TPSA) is 43.1 Å². The zero-order chi connectivity index (χ0) is 14.9. The Kier molecular flexibility index (Phi) is 4.40. The Labute approximate surface area is 127 Å². The SMILES string of the molecule is Nc1cc(Cl)ccc1C(=O)Cc1c(F)ccc(Br)c1F. The number of carbonyl (C=O) groups is 1. The lowest BCUT2D eigenvalue weighted by Gasteiger charge is -2.08. The Morgan fingerprint density at radius 3 is 2.60 bits per heavy atom. The van der Waals surface area contributed by atoms with E-state index >= 15 is 0 Å². The summed E-state index contributed by atoms with van der Waals surface area (Å²) in [6.45, 7) is 0. The average Bonchev–Trinajstić information content (AvgIpc) is 2.39. The Hall–Kier alpha value is -1.46. The standard InChI is InChI=1S/C14H9BrClF2NO/c15-10-3-4-11(17)9(14(10)18)6-13(20)8-2-1-7(16)5-12(8)19/h1-5H,6,19H2. The lowest BCUT2D eigenvalue weighted by atomic mass is 10.0. The lowest BCUT2D eigenvalue weighted by Crippen LogP contribution is -2.10. The van der Waals surface area contributed by atoms with Crippen molar-refractivity contribution in [3.8, 4) is 0 Å². The van der Waals surface area contributed by atoms with Gasteiger partial charge in [-0.15, -0.1) is 0 Å². The molecule has 2 N–H and O–H groups in total. The van der Waals surface area contributed by atoms with E-state index in [1.165, 1.54) is 24.3 Å². The highest BCUT2D eigenvalue weighted by molar-refractivity contribution is 9.10. The van der Waals surface area contributed by atoms with Crippen LogP contribution in [0.15, 0.2) is 34.8 Å². The van der Waals surface area contributed by atoms with Crippen molar-refractivity contribution in [2.45, 2.75) is 6.42 Å². The Balaban J connectivity index is 2.35. The van der Waals surface area contributed by atoms with Crippen molar-refractivity contribution < 1.29 is 13.6 Å². The van der Waals surface area contributed by atoms with Crippen molar-refractivity contribution in [1.29, 1.82) is 0 Å². The van der Waals surface area contributed by atoms with Gasteiger partial charge in [-0.2, -0.15) is 0 Å². The van der Waals surface area contributed by atoms with Crippen molar-refractivity contribution in [2.75, 3.05) is 5.73 Å². The largest absolute Gasteiger partial charge is 0.398 e. The molecule has 0 saturated heterocycles. The highest BCUT2D eigenvalue weighted by atomic mass is 79.9. The van der Waals surface area contributed by atoms with Crippen molar-refractivity contribution >= 4 is 39.0 Å². The molecule has 0 unspecified atom stereocenters. The molecule has 0 aromatic heterocycles. The maximum Gasteiger partial charge on any atom is 0.169 e. The van der Waals surface area contributed by atoms with Gasteiger partial charge in [0.25, 0.3) is 0 Å². The van der Waals surface area contributed by atoms with Gasteiger partial charge in [-0.3, -0.25) is 4.79 Å². The molecule has 2 aromatic rings. The molecule has 20 heavy (non-hydrogen) atoms. The number of halogens is 4. The van der Waals surface area contributed by atoms with Crippen LogP contribution in [-0.2, 0) is 6.42 Å². The number of hydrogen-bond acceptors (Lipinski definition) is 2. The molecule has 2 aromatic carbocycles. The molecule has 0 aliphatic rings.